The van der Waals surface area contributed by atoms with Gasteiger partial charge in [-0.1, -0.05) is 53.6 Å². The molecular weight excluding hydrogens is 456 g/mol. The van der Waals surface area contributed by atoms with Gasteiger partial charge in [-0.3, -0.25) is 4.99 Å². The Morgan fingerprint density at radius 3 is 2.14 bits per heavy atom. The summed E-state index contributed by atoms with van der Waals surface area (Å²) in [6.07, 6.45) is 1.98. The van der Waals surface area contributed by atoms with E-state index in [4.69, 9.17) is 18.6 Å². The second-order valence-corrected chi connectivity index (χ2v) is 13.0. The second kappa shape index (κ2) is 11.3. The molecule has 0 spiro atoms. The monoisotopic (exact) mass is 487 g/mol. The molecule has 0 saturated heterocycles. The summed E-state index contributed by atoms with van der Waals surface area (Å²) in [5, 5.41) is 13.2. The SMILES string of the molecule is Cc1cc(Pc2c(C)cccc2C=NC(C)(C)C)c(O)c(C(C)(C)C)c1.[Cl][Ti][Cl]. The van der Waals surface area contributed by atoms with Crippen molar-refractivity contribution < 1.29 is 22.1 Å². The molecule has 0 radical (unpaired) electrons. The Labute approximate surface area is 195 Å². The Morgan fingerprint density at radius 2 is 1.62 bits per heavy atom. The van der Waals surface area contributed by atoms with Gasteiger partial charge in [-0.25, -0.2) is 0 Å². The van der Waals surface area contributed by atoms with E-state index in [2.05, 4.69) is 90.7 Å². The molecule has 158 valence electrons. The molecule has 2 nitrogen and oxygen atoms in total. The molecule has 0 saturated carbocycles. The fraction of sp³-hybridized carbons (Fsp3) is 0.435. The van der Waals surface area contributed by atoms with Gasteiger partial charge >= 0.3 is 35.6 Å². The van der Waals surface area contributed by atoms with E-state index in [-0.39, 0.29) is 11.0 Å². The predicted octanol–water partition coefficient (Wildman–Crippen LogP) is 6.53. The molecule has 0 heterocycles. The van der Waals surface area contributed by atoms with Crippen LogP contribution in [0.2, 0.25) is 0 Å². The minimum absolute atomic E-state index is 0.0857. The molecule has 0 aliphatic rings. The zero-order valence-corrected chi connectivity index (χ0v) is 22.7. The van der Waals surface area contributed by atoms with Crippen molar-refractivity contribution >= 4 is 44.0 Å². The van der Waals surface area contributed by atoms with Gasteiger partial charge in [0.2, 0.25) is 0 Å². The van der Waals surface area contributed by atoms with Crippen LogP contribution >= 0.6 is 27.2 Å². The summed E-state index contributed by atoms with van der Waals surface area (Å²) in [5.74, 6) is 0.434. The second-order valence-electron chi connectivity index (χ2n) is 9.12. The van der Waals surface area contributed by atoms with E-state index in [1.54, 1.807) is 0 Å². The molecule has 2 rings (SSSR count). The van der Waals surface area contributed by atoms with E-state index in [9.17, 15) is 5.11 Å². The summed E-state index contributed by atoms with van der Waals surface area (Å²) in [4.78, 5) is 4.68. The first-order valence-electron chi connectivity index (χ1n) is 9.52. The number of rotatable bonds is 3. The van der Waals surface area contributed by atoms with Crippen molar-refractivity contribution in [1.82, 2.24) is 0 Å². The number of nitrogens with zero attached hydrogens (tertiary/aromatic N) is 1. The average molecular weight is 488 g/mol. The van der Waals surface area contributed by atoms with Gasteiger partial charge < -0.3 is 5.11 Å². The molecule has 1 N–H and O–H groups in total. The average Bonchev–Trinajstić information content (AvgIpc) is 2.57. The van der Waals surface area contributed by atoms with Crippen LogP contribution < -0.4 is 10.6 Å². The Morgan fingerprint density at radius 1 is 1.03 bits per heavy atom. The summed E-state index contributed by atoms with van der Waals surface area (Å²) in [6.45, 7) is 17.0. The van der Waals surface area contributed by atoms with E-state index in [1.165, 1.54) is 16.4 Å². The minimum atomic E-state index is -0.556. The number of phenols is 1. The Hall–Kier alpha value is -0.366. The number of aliphatic imine (C=N–C) groups is 1. The van der Waals surface area contributed by atoms with E-state index >= 15 is 0 Å². The third-order valence-electron chi connectivity index (χ3n) is 4.22. The van der Waals surface area contributed by atoms with Crippen LogP contribution in [-0.4, -0.2) is 16.9 Å². The topological polar surface area (TPSA) is 32.6 Å². The van der Waals surface area contributed by atoms with Crippen LogP contribution in [0.1, 0.15) is 63.8 Å². The van der Waals surface area contributed by atoms with Crippen molar-refractivity contribution in [1.29, 1.82) is 0 Å². The Balaban J connectivity index is 0.00000132. The van der Waals surface area contributed by atoms with E-state index in [0.29, 0.717) is 14.3 Å². The van der Waals surface area contributed by atoms with Gasteiger partial charge in [0.1, 0.15) is 5.75 Å². The standard InChI is InChI=1S/C23H32NOP.2ClH.Ti/c1-15-12-18(22(3,4)5)20(25)19(13-15)26-21-16(2)10-9-11-17(21)14-24-23(6,7)8;;;/h9-14,25-26H,1-8H3;2*1H;/q;;;+2/p-2. The van der Waals surface area contributed by atoms with Crippen molar-refractivity contribution in [3.8, 4) is 5.75 Å². The molecule has 29 heavy (non-hydrogen) atoms. The summed E-state index contributed by atoms with van der Waals surface area (Å²) in [5.41, 5.74) is 4.38. The number of phenolic OH excluding ortho intramolecular Hbond substituents is 1. The zero-order valence-electron chi connectivity index (χ0n) is 18.6. The molecule has 2 aromatic carbocycles. The van der Waals surface area contributed by atoms with Gasteiger partial charge in [0.05, 0.1) is 5.54 Å². The van der Waals surface area contributed by atoms with Crippen LogP contribution in [0.4, 0.5) is 0 Å². The summed E-state index contributed by atoms with van der Waals surface area (Å²) in [6, 6.07) is 10.5. The van der Waals surface area contributed by atoms with Crippen LogP contribution in [0.25, 0.3) is 0 Å². The summed E-state index contributed by atoms with van der Waals surface area (Å²) in [7, 11) is 10.2. The molecule has 0 aliphatic heterocycles. The van der Waals surface area contributed by atoms with Crippen LogP contribution in [-0.2, 0) is 22.4 Å². The number of hydrogen-bond acceptors (Lipinski definition) is 2. The fourth-order valence-electron chi connectivity index (χ4n) is 2.81. The van der Waals surface area contributed by atoms with Crippen molar-refractivity contribution in [2.24, 2.45) is 4.99 Å². The quantitative estimate of drug-likeness (QED) is 0.298. The van der Waals surface area contributed by atoms with Gasteiger partial charge in [0.25, 0.3) is 0 Å². The third kappa shape index (κ3) is 8.72. The van der Waals surface area contributed by atoms with Gasteiger partial charge in [-0.05, 0) is 62.5 Å². The Bertz CT molecular complexity index is 855. The van der Waals surface area contributed by atoms with Crippen molar-refractivity contribution in [2.75, 3.05) is 0 Å². The van der Waals surface area contributed by atoms with Crippen molar-refractivity contribution in [3.05, 3.63) is 52.6 Å². The first kappa shape index (κ1) is 26.7. The molecule has 6 heteroatoms. The summed E-state index contributed by atoms with van der Waals surface area (Å²) < 4.78 is 0. The van der Waals surface area contributed by atoms with Crippen LogP contribution in [0.5, 0.6) is 5.75 Å². The number of aryl methyl sites for hydroxylation is 2. The molecule has 0 bridgehead atoms. The molecule has 0 aromatic heterocycles. The van der Waals surface area contributed by atoms with E-state index in [0.717, 1.165) is 16.4 Å². The number of hydrogen-bond donors (Lipinski definition) is 1. The number of halogens is 2. The van der Waals surface area contributed by atoms with E-state index in [1.807, 2.05) is 6.21 Å². The third-order valence-corrected chi connectivity index (χ3v) is 5.80. The first-order chi connectivity index (χ1) is 13.3. The van der Waals surface area contributed by atoms with Gasteiger partial charge in [-0.15, -0.1) is 0 Å². The molecule has 2 aromatic rings. The van der Waals surface area contributed by atoms with Crippen LogP contribution in [0.3, 0.4) is 0 Å². The van der Waals surface area contributed by atoms with Crippen LogP contribution in [0, 0.1) is 13.8 Å². The van der Waals surface area contributed by atoms with Gasteiger partial charge in [0, 0.05) is 22.6 Å². The van der Waals surface area contributed by atoms with Crippen molar-refractivity contribution in [2.45, 2.75) is 66.3 Å². The molecule has 0 aliphatic carbocycles. The molecule has 1 unspecified atom stereocenters. The summed E-state index contributed by atoms with van der Waals surface area (Å²) >= 11 is -0.556. The maximum atomic E-state index is 10.9. The predicted molar refractivity (Wildman–Crippen MR) is 129 cm³/mol. The maximum absolute atomic E-state index is 10.9. The van der Waals surface area contributed by atoms with Crippen LogP contribution in [0.15, 0.2) is 35.3 Å². The number of aromatic hydroxyl groups is 1. The van der Waals surface area contributed by atoms with E-state index < -0.39 is 17.0 Å². The Kier molecular flexibility index (Phi) is 10.4. The molecule has 0 amide bonds. The number of benzene rings is 2. The van der Waals surface area contributed by atoms with Gasteiger partial charge in [0.15, 0.2) is 0 Å². The first-order valence-corrected chi connectivity index (χ1v) is 14.8. The molecule has 1 atom stereocenters. The van der Waals surface area contributed by atoms with Gasteiger partial charge in [-0.2, -0.15) is 0 Å². The fourth-order valence-corrected chi connectivity index (χ4v) is 4.21. The zero-order chi connectivity index (χ0) is 22.4. The molecular formula is C23H32Cl2NOPTi. The van der Waals surface area contributed by atoms with Crippen molar-refractivity contribution in [3.63, 3.8) is 0 Å². The molecule has 0 fully saturated rings. The normalized spacial score (nSPS) is 12.3.